The highest BCUT2D eigenvalue weighted by Crippen LogP contribution is 2.22. The topological polar surface area (TPSA) is 31.4 Å². The second-order valence-electron chi connectivity index (χ2n) is 5.61. The number of ether oxygens (including phenoxy) is 2. The fourth-order valence-corrected chi connectivity index (χ4v) is 2.54. The van der Waals surface area contributed by atoms with Gasteiger partial charge in [0.05, 0.1) is 23.9 Å². The predicted octanol–water partition coefficient (Wildman–Crippen LogP) is 4.46. The molecule has 0 bridgehead atoms. The van der Waals surface area contributed by atoms with E-state index in [1.165, 1.54) is 12.1 Å². The van der Waals surface area contributed by atoms with Gasteiger partial charge in [-0.25, -0.2) is 4.39 Å². The summed E-state index contributed by atoms with van der Waals surface area (Å²) in [4.78, 5) is 4.32. The highest BCUT2D eigenvalue weighted by molar-refractivity contribution is 6.30. The number of nitrogens with zero attached hydrogens (tertiary/aromatic N) is 1. The fraction of sp³-hybridized carbons (Fsp3) is 0.250. The van der Waals surface area contributed by atoms with Crippen LogP contribution in [0.25, 0.3) is 11.3 Å². The van der Waals surface area contributed by atoms with Crippen LogP contribution in [0.3, 0.4) is 0 Å². The fourth-order valence-electron chi connectivity index (χ4n) is 2.42. The largest absolute Gasteiger partial charge is 0.341 e. The average molecular weight is 358 g/mol. The summed E-state index contributed by atoms with van der Waals surface area (Å²) in [6.45, 7) is 3.17. The molecule has 1 aliphatic heterocycles. The van der Waals surface area contributed by atoms with Crippen molar-refractivity contribution in [1.29, 1.82) is 0 Å². The number of pyridine rings is 1. The van der Waals surface area contributed by atoms with Gasteiger partial charge in [-0.3, -0.25) is 4.98 Å². The Kier molecular flexibility index (Phi) is 5.83. The van der Waals surface area contributed by atoms with E-state index >= 15 is 0 Å². The van der Waals surface area contributed by atoms with Gasteiger partial charge in [0, 0.05) is 23.2 Å². The molecule has 0 saturated carbocycles. The van der Waals surface area contributed by atoms with Crippen molar-refractivity contribution < 1.29 is 13.9 Å². The van der Waals surface area contributed by atoms with Gasteiger partial charge >= 0.3 is 0 Å². The van der Waals surface area contributed by atoms with Gasteiger partial charge in [0.15, 0.2) is 0 Å². The zero-order valence-electron chi connectivity index (χ0n) is 13.7. The van der Waals surface area contributed by atoms with Crippen molar-refractivity contribution in [1.82, 2.24) is 4.98 Å². The summed E-state index contributed by atoms with van der Waals surface area (Å²) < 4.78 is 24.7. The molecular weight excluding hydrogens is 341 g/mol. The van der Waals surface area contributed by atoms with E-state index in [-0.39, 0.29) is 10.9 Å². The number of hydrogen-bond acceptors (Lipinski definition) is 3. The Hall–Kier alpha value is -2.19. The Labute approximate surface area is 151 Å². The van der Waals surface area contributed by atoms with Crippen LogP contribution in [0.1, 0.15) is 12.5 Å². The molecule has 3 nitrogen and oxygen atoms in total. The van der Waals surface area contributed by atoms with Gasteiger partial charge in [0.1, 0.15) is 5.82 Å². The van der Waals surface area contributed by atoms with Crippen molar-refractivity contribution in [3.8, 4) is 23.1 Å². The summed E-state index contributed by atoms with van der Waals surface area (Å²) in [6.07, 6.45) is 5.17. The molecule has 0 spiro atoms. The van der Waals surface area contributed by atoms with Crippen LogP contribution < -0.4 is 0 Å². The summed E-state index contributed by atoms with van der Waals surface area (Å²) in [6, 6.07) is 8.22. The van der Waals surface area contributed by atoms with E-state index in [4.69, 9.17) is 21.1 Å². The van der Waals surface area contributed by atoms with Gasteiger partial charge < -0.3 is 9.47 Å². The number of halogens is 2. The first-order valence-corrected chi connectivity index (χ1v) is 8.32. The molecule has 128 valence electrons. The lowest BCUT2D eigenvalue weighted by molar-refractivity contribution is -0.160. The molecule has 1 aromatic heterocycles. The number of aromatic nitrogens is 1. The minimum absolute atomic E-state index is 0.0929. The molecule has 1 aromatic carbocycles. The smallest absolute Gasteiger partial charge is 0.222 e. The minimum Gasteiger partial charge on any atom is -0.341 e. The molecule has 1 saturated heterocycles. The van der Waals surface area contributed by atoms with Crippen LogP contribution in [0, 0.1) is 23.6 Å². The minimum atomic E-state index is -0.522. The van der Waals surface area contributed by atoms with Gasteiger partial charge in [-0.1, -0.05) is 35.7 Å². The first kappa shape index (κ1) is 17.6. The normalized spacial score (nSPS) is 20.3. The molecule has 2 heterocycles. The third-order valence-electron chi connectivity index (χ3n) is 3.70. The van der Waals surface area contributed by atoms with Crippen molar-refractivity contribution in [2.24, 2.45) is 5.92 Å². The Balaban J connectivity index is 1.65. The Morgan fingerprint density at radius 2 is 2.04 bits per heavy atom. The molecule has 3 rings (SSSR count). The van der Waals surface area contributed by atoms with Crippen LogP contribution in [0.5, 0.6) is 0 Å². The lowest BCUT2D eigenvalue weighted by atomic mass is 10.1. The van der Waals surface area contributed by atoms with Crippen molar-refractivity contribution in [2.75, 3.05) is 13.2 Å². The summed E-state index contributed by atoms with van der Waals surface area (Å²) in [5.41, 5.74) is 2.05. The molecule has 0 atom stereocenters. The first-order valence-electron chi connectivity index (χ1n) is 7.95. The molecule has 0 amide bonds. The van der Waals surface area contributed by atoms with Crippen LogP contribution >= 0.6 is 11.6 Å². The maximum absolute atomic E-state index is 13.5. The Morgan fingerprint density at radius 1 is 1.24 bits per heavy atom. The number of benzene rings is 1. The van der Waals surface area contributed by atoms with Gasteiger partial charge in [0.2, 0.25) is 6.29 Å². The van der Waals surface area contributed by atoms with Crippen molar-refractivity contribution in [2.45, 2.75) is 13.2 Å². The molecule has 0 N–H and O–H groups in total. The molecule has 1 aliphatic rings. The summed E-state index contributed by atoms with van der Waals surface area (Å²) in [5, 5.41) is 0.0929. The zero-order chi connectivity index (χ0) is 17.6. The second kappa shape index (κ2) is 8.26. The lowest BCUT2D eigenvalue weighted by Gasteiger charge is -2.24. The van der Waals surface area contributed by atoms with Gasteiger partial charge in [-0.05, 0) is 37.1 Å². The van der Waals surface area contributed by atoms with E-state index in [9.17, 15) is 4.39 Å². The van der Waals surface area contributed by atoms with E-state index in [2.05, 4.69) is 22.9 Å². The molecule has 2 aromatic rings. The molecule has 1 fully saturated rings. The summed E-state index contributed by atoms with van der Waals surface area (Å²) >= 11 is 5.69. The highest BCUT2D eigenvalue weighted by Gasteiger charge is 2.18. The van der Waals surface area contributed by atoms with Crippen LogP contribution in [0.15, 0.2) is 48.7 Å². The van der Waals surface area contributed by atoms with Gasteiger partial charge in [-0.2, -0.15) is 0 Å². The standard InChI is InChI=1S/C20H17ClFNO2/c1-2-3-15-12-24-20(25-13-15)9-5-14-4-8-19(23-11-14)16-6-7-17(21)18(22)10-16/h2-4,6-8,10-11,15,20H,12-13H2,1H3/b3-2+. The van der Waals surface area contributed by atoms with Crippen molar-refractivity contribution >= 4 is 11.6 Å². The molecular formula is C20H17ClFNO2. The summed E-state index contributed by atoms with van der Waals surface area (Å²) in [7, 11) is 0. The third kappa shape index (κ3) is 4.67. The van der Waals surface area contributed by atoms with Crippen LogP contribution in [0.2, 0.25) is 5.02 Å². The maximum Gasteiger partial charge on any atom is 0.222 e. The zero-order valence-corrected chi connectivity index (χ0v) is 14.5. The monoisotopic (exact) mass is 357 g/mol. The van der Waals surface area contributed by atoms with Crippen molar-refractivity contribution in [3.05, 3.63) is 65.1 Å². The van der Waals surface area contributed by atoms with Crippen molar-refractivity contribution in [3.63, 3.8) is 0 Å². The van der Waals surface area contributed by atoms with E-state index in [0.29, 0.717) is 24.5 Å². The second-order valence-corrected chi connectivity index (χ2v) is 6.02. The highest BCUT2D eigenvalue weighted by atomic mass is 35.5. The van der Waals surface area contributed by atoms with Crippen LogP contribution in [-0.4, -0.2) is 24.5 Å². The molecule has 5 heteroatoms. The molecule has 0 radical (unpaired) electrons. The van der Waals surface area contributed by atoms with E-state index in [1.807, 2.05) is 19.1 Å². The predicted molar refractivity (Wildman–Crippen MR) is 95.5 cm³/mol. The average Bonchev–Trinajstić information content (AvgIpc) is 2.64. The number of rotatable bonds is 2. The molecule has 0 aliphatic carbocycles. The SMILES string of the molecule is C/C=C/C1COC(C#Cc2ccc(-c3ccc(Cl)c(F)c3)nc2)OC1. The van der Waals surface area contributed by atoms with E-state index in [0.717, 1.165) is 5.56 Å². The van der Waals surface area contributed by atoms with E-state index in [1.54, 1.807) is 18.3 Å². The third-order valence-corrected chi connectivity index (χ3v) is 4.01. The van der Waals surface area contributed by atoms with Crippen LogP contribution in [0.4, 0.5) is 4.39 Å². The number of allylic oxidation sites excluding steroid dienone is 1. The van der Waals surface area contributed by atoms with Crippen LogP contribution in [-0.2, 0) is 9.47 Å². The van der Waals surface area contributed by atoms with Gasteiger partial charge in [0.25, 0.3) is 0 Å². The van der Waals surface area contributed by atoms with Gasteiger partial charge in [-0.15, -0.1) is 0 Å². The quantitative estimate of drug-likeness (QED) is 0.587. The lowest BCUT2D eigenvalue weighted by Crippen LogP contribution is -2.30. The first-order chi connectivity index (χ1) is 12.2. The number of hydrogen-bond donors (Lipinski definition) is 0. The summed E-state index contributed by atoms with van der Waals surface area (Å²) in [5.74, 6) is 5.74. The molecule has 25 heavy (non-hydrogen) atoms. The molecule has 0 unspecified atom stereocenters. The Bertz CT molecular complexity index is 816. The van der Waals surface area contributed by atoms with E-state index < -0.39 is 12.1 Å². The Morgan fingerprint density at radius 3 is 2.68 bits per heavy atom. The maximum atomic E-state index is 13.5.